The van der Waals surface area contributed by atoms with Crippen LogP contribution in [0.5, 0.6) is 0 Å². The van der Waals surface area contributed by atoms with E-state index < -0.39 is 0 Å². The second-order valence-electron chi connectivity index (χ2n) is 4.47. The van der Waals surface area contributed by atoms with Crippen molar-refractivity contribution in [2.45, 2.75) is 63.8 Å². The molecule has 2 heteroatoms. The van der Waals surface area contributed by atoms with Crippen LogP contribution in [0.3, 0.4) is 0 Å². The highest BCUT2D eigenvalue weighted by Crippen LogP contribution is 2.36. The molecule has 0 aromatic heterocycles. The van der Waals surface area contributed by atoms with Crippen molar-refractivity contribution in [3.8, 4) is 0 Å². The number of rotatable bonds is 2. The summed E-state index contributed by atoms with van der Waals surface area (Å²) in [5.74, 6) is 0.742. The summed E-state index contributed by atoms with van der Waals surface area (Å²) >= 11 is 0. The molecular weight excluding hydrogens is 164 g/mol. The molecule has 2 aliphatic rings. The van der Waals surface area contributed by atoms with Crippen LogP contribution in [-0.4, -0.2) is 23.4 Å². The quantitative estimate of drug-likeness (QED) is 0.712. The van der Waals surface area contributed by atoms with Crippen molar-refractivity contribution in [2.24, 2.45) is 5.92 Å². The van der Waals surface area contributed by atoms with Crippen LogP contribution in [0, 0.1) is 5.92 Å². The van der Waals surface area contributed by atoms with Crippen LogP contribution in [0.2, 0.25) is 0 Å². The van der Waals surface area contributed by atoms with Crippen LogP contribution in [-0.2, 0) is 4.74 Å². The predicted molar refractivity (Wildman–Crippen MR) is 51.5 cm³/mol. The van der Waals surface area contributed by atoms with Crippen molar-refractivity contribution in [3.63, 3.8) is 0 Å². The van der Waals surface area contributed by atoms with Crippen LogP contribution in [0.1, 0.15) is 45.4 Å². The second-order valence-corrected chi connectivity index (χ2v) is 4.47. The third-order valence-electron chi connectivity index (χ3n) is 3.58. The predicted octanol–water partition coefficient (Wildman–Crippen LogP) is 2.11. The molecule has 0 aromatic carbocycles. The molecule has 1 aliphatic carbocycles. The molecule has 3 atom stereocenters. The average Bonchev–Trinajstić information content (AvgIpc) is 2.71. The van der Waals surface area contributed by atoms with E-state index in [1.54, 1.807) is 0 Å². The molecular formula is C11H20O2. The van der Waals surface area contributed by atoms with Crippen molar-refractivity contribution in [1.82, 2.24) is 0 Å². The Morgan fingerprint density at radius 2 is 2.00 bits per heavy atom. The molecule has 1 saturated heterocycles. The van der Waals surface area contributed by atoms with E-state index in [9.17, 15) is 5.11 Å². The van der Waals surface area contributed by atoms with Gasteiger partial charge in [0.2, 0.25) is 0 Å². The topological polar surface area (TPSA) is 29.5 Å². The van der Waals surface area contributed by atoms with E-state index in [1.165, 1.54) is 25.7 Å². The van der Waals surface area contributed by atoms with Gasteiger partial charge in [-0.25, -0.2) is 0 Å². The summed E-state index contributed by atoms with van der Waals surface area (Å²) in [5, 5.41) is 9.69. The van der Waals surface area contributed by atoms with E-state index in [1.807, 2.05) is 0 Å². The fourth-order valence-electron chi connectivity index (χ4n) is 2.76. The zero-order valence-electron chi connectivity index (χ0n) is 8.41. The lowest BCUT2D eigenvalue weighted by Crippen LogP contribution is -2.20. The summed E-state index contributed by atoms with van der Waals surface area (Å²) in [4.78, 5) is 0. The molecule has 0 aromatic rings. The van der Waals surface area contributed by atoms with Gasteiger partial charge < -0.3 is 9.84 Å². The Kier molecular flexibility index (Phi) is 2.89. The third-order valence-corrected chi connectivity index (χ3v) is 3.58. The standard InChI is InChI=1S/C11H20O2/c1-2-10-9(12)7-11(13-10)8-5-3-4-6-8/h8-12H,2-7H2,1H3/t9-,10?,11-/m0/s1. The first-order valence-electron chi connectivity index (χ1n) is 5.64. The average molecular weight is 184 g/mol. The lowest BCUT2D eigenvalue weighted by Gasteiger charge is -2.18. The maximum Gasteiger partial charge on any atom is 0.0836 e. The van der Waals surface area contributed by atoms with Gasteiger partial charge in [0.15, 0.2) is 0 Å². The summed E-state index contributed by atoms with van der Waals surface area (Å²) in [6.45, 7) is 2.09. The molecule has 0 bridgehead atoms. The maximum absolute atomic E-state index is 9.69. The Morgan fingerprint density at radius 3 is 2.54 bits per heavy atom. The first-order valence-corrected chi connectivity index (χ1v) is 5.64. The highest BCUT2D eigenvalue weighted by atomic mass is 16.5. The zero-order valence-corrected chi connectivity index (χ0v) is 8.41. The van der Waals surface area contributed by atoms with Crippen molar-refractivity contribution in [1.29, 1.82) is 0 Å². The van der Waals surface area contributed by atoms with Gasteiger partial charge in [-0.1, -0.05) is 19.8 Å². The van der Waals surface area contributed by atoms with Gasteiger partial charge in [0, 0.05) is 6.42 Å². The largest absolute Gasteiger partial charge is 0.390 e. The van der Waals surface area contributed by atoms with Gasteiger partial charge in [0.1, 0.15) is 0 Å². The number of hydrogen-bond donors (Lipinski definition) is 1. The van der Waals surface area contributed by atoms with E-state index in [4.69, 9.17) is 4.74 Å². The molecule has 1 saturated carbocycles. The fraction of sp³-hybridized carbons (Fsp3) is 1.00. The zero-order chi connectivity index (χ0) is 9.26. The van der Waals surface area contributed by atoms with Gasteiger partial charge in [-0.15, -0.1) is 0 Å². The number of ether oxygens (including phenoxy) is 1. The van der Waals surface area contributed by atoms with Crippen molar-refractivity contribution in [2.75, 3.05) is 0 Å². The van der Waals surface area contributed by atoms with Crippen molar-refractivity contribution >= 4 is 0 Å². The minimum Gasteiger partial charge on any atom is -0.390 e. The van der Waals surface area contributed by atoms with Gasteiger partial charge in [-0.05, 0) is 25.2 Å². The Morgan fingerprint density at radius 1 is 1.31 bits per heavy atom. The fourth-order valence-corrected chi connectivity index (χ4v) is 2.76. The van der Waals surface area contributed by atoms with Gasteiger partial charge in [0.25, 0.3) is 0 Å². The lowest BCUT2D eigenvalue weighted by atomic mass is 9.97. The van der Waals surface area contributed by atoms with Crippen LogP contribution < -0.4 is 0 Å². The van der Waals surface area contributed by atoms with Gasteiger partial charge in [0.05, 0.1) is 18.3 Å². The number of aliphatic hydroxyl groups excluding tert-OH is 1. The smallest absolute Gasteiger partial charge is 0.0836 e. The lowest BCUT2D eigenvalue weighted by molar-refractivity contribution is -0.0117. The summed E-state index contributed by atoms with van der Waals surface area (Å²) in [7, 11) is 0. The summed E-state index contributed by atoms with van der Waals surface area (Å²) in [6, 6.07) is 0. The van der Waals surface area contributed by atoms with E-state index in [2.05, 4.69) is 6.92 Å². The van der Waals surface area contributed by atoms with Gasteiger partial charge in [-0.2, -0.15) is 0 Å². The number of aliphatic hydroxyl groups is 1. The van der Waals surface area contributed by atoms with Gasteiger partial charge in [-0.3, -0.25) is 0 Å². The summed E-state index contributed by atoms with van der Waals surface area (Å²) in [5.41, 5.74) is 0. The molecule has 1 aliphatic heterocycles. The molecule has 1 heterocycles. The highest BCUT2D eigenvalue weighted by molar-refractivity contribution is 4.87. The second kappa shape index (κ2) is 3.97. The van der Waals surface area contributed by atoms with E-state index in [0.29, 0.717) is 6.10 Å². The normalized spacial score (nSPS) is 41.5. The third kappa shape index (κ3) is 1.89. The Labute approximate surface area is 80.3 Å². The van der Waals surface area contributed by atoms with E-state index >= 15 is 0 Å². The molecule has 1 N–H and O–H groups in total. The van der Waals surface area contributed by atoms with Crippen LogP contribution in [0.4, 0.5) is 0 Å². The van der Waals surface area contributed by atoms with Crippen molar-refractivity contribution < 1.29 is 9.84 Å². The maximum atomic E-state index is 9.69. The van der Waals surface area contributed by atoms with Crippen LogP contribution in [0.25, 0.3) is 0 Å². The first kappa shape index (κ1) is 9.47. The van der Waals surface area contributed by atoms with Crippen LogP contribution in [0.15, 0.2) is 0 Å². The Hall–Kier alpha value is -0.0800. The molecule has 2 nitrogen and oxygen atoms in total. The first-order chi connectivity index (χ1) is 6.31. The van der Waals surface area contributed by atoms with Gasteiger partial charge >= 0.3 is 0 Å². The summed E-state index contributed by atoms with van der Waals surface area (Å²) in [6.07, 6.45) is 7.45. The Bertz CT molecular complexity index is 163. The van der Waals surface area contributed by atoms with Crippen molar-refractivity contribution in [3.05, 3.63) is 0 Å². The molecule has 1 unspecified atom stereocenters. The molecule has 0 spiro atoms. The molecule has 76 valence electrons. The molecule has 0 radical (unpaired) electrons. The number of hydrogen-bond acceptors (Lipinski definition) is 2. The summed E-state index contributed by atoms with van der Waals surface area (Å²) < 4.78 is 5.86. The Balaban J connectivity index is 1.88. The SMILES string of the molecule is CCC1O[C@H](C2CCCC2)C[C@@H]1O. The molecule has 2 rings (SSSR count). The van der Waals surface area contributed by atoms with Crippen LogP contribution >= 0.6 is 0 Å². The molecule has 0 amide bonds. The van der Waals surface area contributed by atoms with E-state index in [-0.39, 0.29) is 12.2 Å². The minimum atomic E-state index is -0.199. The molecule has 2 fully saturated rings. The monoisotopic (exact) mass is 184 g/mol. The minimum absolute atomic E-state index is 0.116. The highest BCUT2D eigenvalue weighted by Gasteiger charge is 2.37. The molecule has 13 heavy (non-hydrogen) atoms. The van der Waals surface area contributed by atoms with E-state index in [0.717, 1.165) is 18.8 Å².